The number of guanidine groups is 1. The molecule has 1 fully saturated rings. The lowest BCUT2D eigenvalue weighted by Crippen LogP contribution is -2.39. The number of fused-ring (bicyclic) bond motifs is 1. The first-order valence-electron chi connectivity index (χ1n) is 9.01. The molecular formula is C20H25IN6. The van der Waals surface area contributed by atoms with E-state index < -0.39 is 0 Å². The Kier molecular flexibility index (Phi) is 6.30. The molecule has 1 atom stereocenters. The largest absolute Gasteiger partial charge is 0.352 e. The summed E-state index contributed by atoms with van der Waals surface area (Å²) in [5.74, 6) is 1.46. The van der Waals surface area contributed by atoms with Crippen molar-refractivity contribution in [2.24, 2.45) is 12.0 Å². The summed E-state index contributed by atoms with van der Waals surface area (Å²) < 4.78 is 1.87. The minimum Gasteiger partial charge on any atom is -0.352 e. The lowest BCUT2D eigenvalue weighted by atomic mass is 10.0. The van der Waals surface area contributed by atoms with Gasteiger partial charge in [0.15, 0.2) is 5.96 Å². The number of aryl methyl sites for hydroxylation is 1. The third-order valence-corrected chi connectivity index (χ3v) is 5.05. The number of hydrogen-bond donors (Lipinski definition) is 1. The van der Waals surface area contributed by atoms with E-state index in [0.717, 1.165) is 37.5 Å². The number of aromatic nitrogens is 3. The van der Waals surface area contributed by atoms with Crippen LogP contribution >= 0.6 is 24.0 Å². The standard InChI is InChI=1S/C20H24N6.HI/c1-21-20(26-10-8-17(14-26)18-12-24-25(2)13-18)23-11-16-6-3-5-15-7-4-9-22-19(15)16;/h3-7,9,12-13,17H,8,10-11,14H2,1-2H3,(H,21,23);1H. The van der Waals surface area contributed by atoms with Crippen LogP contribution in [0.15, 0.2) is 53.9 Å². The van der Waals surface area contributed by atoms with E-state index in [1.807, 2.05) is 37.2 Å². The van der Waals surface area contributed by atoms with Gasteiger partial charge in [-0.15, -0.1) is 24.0 Å². The van der Waals surface area contributed by atoms with Crippen LogP contribution in [0, 0.1) is 0 Å². The zero-order chi connectivity index (χ0) is 17.9. The van der Waals surface area contributed by atoms with Gasteiger partial charge in [0.2, 0.25) is 0 Å². The van der Waals surface area contributed by atoms with Crippen molar-refractivity contribution in [3.8, 4) is 0 Å². The molecule has 1 aromatic carbocycles. The average Bonchev–Trinajstić information content (AvgIpc) is 3.32. The van der Waals surface area contributed by atoms with Crippen molar-refractivity contribution in [1.82, 2.24) is 25.0 Å². The zero-order valence-electron chi connectivity index (χ0n) is 15.7. The molecule has 0 saturated carbocycles. The van der Waals surface area contributed by atoms with Gasteiger partial charge in [-0.2, -0.15) is 5.10 Å². The lowest BCUT2D eigenvalue weighted by molar-refractivity contribution is 0.486. The number of pyridine rings is 1. The van der Waals surface area contributed by atoms with E-state index in [-0.39, 0.29) is 24.0 Å². The van der Waals surface area contributed by atoms with Gasteiger partial charge in [0.1, 0.15) is 0 Å². The van der Waals surface area contributed by atoms with Crippen molar-refractivity contribution in [1.29, 1.82) is 0 Å². The lowest BCUT2D eigenvalue weighted by Gasteiger charge is -2.22. The number of hydrogen-bond acceptors (Lipinski definition) is 3. The molecule has 1 unspecified atom stereocenters. The van der Waals surface area contributed by atoms with Gasteiger partial charge in [-0.25, -0.2) is 0 Å². The second-order valence-corrected chi connectivity index (χ2v) is 6.77. The fraction of sp³-hybridized carbons (Fsp3) is 0.350. The van der Waals surface area contributed by atoms with Crippen LogP contribution in [0.1, 0.15) is 23.5 Å². The molecule has 0 spiro atoms. The number of para-hydroxylation sites is 1. The highest BCUT2D eigenvalue weighted by Gasteiger charge is 2.26. The number of likely N-dealkylation sites (tertiary alicyclic amines) is 1. The van der Waals surface area contributed by atoms with Crippen LogP contribution < -0.4 is 5.32 Å². The summed E-state index contributed by atoms with van der Waals surface area (Å²) in [6, 6.07) is 10.4. The summed E-state index contributed by atoms with van der Waals surface area (Å²) in [7, 11) is 3.82. The van der Waals surface area contributed by atoms with E-state index >= 15 is 0 Å². The Hall–Kier alpha value is -2.16. The summed E-state index contributed by atoms with van der Waals surface area (Å²) in [5.41, 5.74) is 3.54. The monoisotopic (exact) mass is 476 g/mol. The first-order chi connectivity index (χ1) is 12.7. The molecule has 1 saturated heterocycles. The highest BCUT2D eigenvalue weighted by Crippen LogP contribution is 2.26. The van der Waals surface area contributed by atoms with Gasteiger partial charge >= 0.3 is 0 Å². The predicted molar refractivity (Wildman–Crippen MR) is 119 cm³/mol. The minimum absolute atomic E-state index is 0. The summed E-state index contributed by atoms with van der Waals surface area (Å²) in [5, 5.41) is 8.98. The van der Waals surface area contributed by atoms with Crippen molar-refractivity contribution in [2.45, 2.75) is 18.9 Å². The van der Waals surface area contributed by atoms with Crippen molar-refractivity contribution in [3.05, 3.63) is 60.0 Å². The first-order valence-corrected chi connectivity index (χ1v) is 9.01. The highest BCUT2D eigenvalue weighted by molar-refractivity contribution is 14.0. The molecule has 0 amide bonds. The number of nitrogens with one attached hydrogen (secondary N) is 1. The molecule has 27 heavy (non-hydrogen) atoms. The van der Waals surface area contributed by atoms with Crippen LogP contribution in [-0.4, -0.2) is 45.8 Å². The summed E-state index contributed by atoms with van der Waals surface area (Å²) >= 11 is 0. The van der Waals surface area contributed by atoms with Gasteiger partial charge in [-0.1, -0.05) is 24.3 Å². The molecule has 2 aromatic heterocycles. The Morgan fingerprint density at radius 1 is 1.30 bits per heavy atom. The molecule has 0 bridgehead atoms. The minimum atomic E-state index is 0. The number of benzene rings is 1. The van der Waals surface area contributed by atoms with Crippen LogP contribution in [0.2, 0.25) is 0 Å². The predicted octanol–water partition coefficient (Wildman–Crippen LogP) is 3.15. The van der Waals surface area contributed by atoms with Crippen molar-refractivity contribution in [2.75, 3.05) is 20.1 Å². The van der Waals surface area contributed by atoms with E-state index in [9.17, 15) is 0 Å². The molecule has 0 radical (unpaired) electrons. The number of halogens is 1. The Morgan fingerprint density at radius 2 is 2.15 bits per heavy atom. The van der Waals surface area contributed by atoms with E-state index in [1.54, 1.807) is 0 Å². The van der Waals surface area contributed by atoms with E-state index in [1.165, 1.54) is 16.5 Å². The van der Waals surface area contributed by atoms with E-state index in [0.29, 0.717) is 5.92 Å². The van der Waals surface area contributed by atoms with E-state index in [4.69, 9.17) is 0 Å². The number of rotatable bonds is 3. The van der Waals surface area contributed by atoms with Crippen LogP contribution in [0.5, 0.6) is 0 Å². The normalized spacial score (nSPS) is 17.2. The van der Waals surface area contributed by atoms with Gasteiger partial charge in [-0.3, -0.25) is 14.7 Å². The summed E-state index contributed by atoms with van der Waals surface area (Å²) in [6.07, 6.45) is 7.07. The summed E-state index contributed by atoms with van der Waals surface area (Å²) in [4.78, 5) is 11.4. The molecule has 1 aliphatic rings. The van der Waals surface area contributed by atoms with Crippen LogP contribution in [-0.2, 0) is 13.6 Å². The second kappa shape index (κ2) is 8.69. The maximum absolute atomic E-state index is 4.53. The molecule has 3 aromatic rings. The molecule has 6 nitrogen and oxygen atoms in total. The molecular weight excluding hydrogens is 451 g/mol. The fourth-order valence-electron chi connectivity index (χ4n) is 3.69. The van der Waals surface area contributed by atoms with Crippen LogP contribution in [0.3, 0.4) is 0 Å². The Bertz CT molecular complexity index is 930. The molecule has 0 aliphatic carbocycles. The SMILES string of the molecule is CN=C(NCc1cccc2cccnc12)N1CCC(c2cnn(C)c2)C1.I. The first kappa shape index (κ1) is 19.6. The number of nitrogens with zero attached hydrogens (tertiary/aromatic N) is 5. The third kappa shape index (κ3) is 4.23. The van der Waals surface area contributed by atoms with Gasteiger partial charge in [0.05, 0.1) is 11.7 Å². The third-order valence-electron chi connectivity index (χ3n) is 5.05. The van der Waals surface area contributed by atoms with Crippen LogP contribution in [0.25, 0.3) is 10.9 Å². The molecule has 3 heterocycles. The molecule has 7 heteroatoms. The summed E-state index contributed by atoms with van der Waals surface area (Å²) in [6.45, 7) is 2.70. The van der Waals surface area contributed by atoms with Gasteiger partial charge in [0, 0.05) is 57.4 Å². The maximum Gasteiger partial charge on any atom is 0.193 e. The van der Waals surface area contributed by atoms with Crippen molar-refractivity contribution in [3.63, 3.8) is 0 Å². The average molecular weight is 476 g/mol. The Labute approximate surface area is 176 Å². The second-order valence-electron chi connectivity index (χ2n) is 6.77. The quantitative estimate of drug-likeness (QED) is 0.359. The molecule has 4 rings (SSSR count). The van der Waals surface area contributed by atoms with Gasteiger partial charge in [-0.05, 0) is 23.6 Å². The smallest absolute Gasteiger partial charge is 0.193 e. The van der Waals surface area contributed by atoms with Crippen LogP contribution in [0.4, 0.5) is 0 Å². The Morgan fingerprint density at radius 3 is 2.93 bits per heavy atom. The van der Waals surface area contributed by atoms with Gasteiger partial charge < -0.3 is 10.2 Å². The Balaban J connectivity index is 0.00000210. The number of aliphatic imine (C=N–C) groups is 1. The zero-order valence-corrected chi connectivity index (χ0v) is 18.0. The topological polar surface area (TPSA) is 58.3 Å². The molecule has 1 aliphatic heterocycles. The van der Waals surface area contributed by atoms with Crippen molar-refractivity contribution < 1.29 is 0 Å². The molecule has 1 N–H and O–H groups in total. The van der Waals surface area contributed by atoms with E-state index in [2.05, 4.69) is 55.8 Å². The highest BCUT2D eigenvalue weighted by atomic mass is 127. The van der Waals surface area contributed by atoms with Crippen molar-refractivity contribution >= 4 is 40.8 Å². The molecule has 142 valence electrons. The fourth-order valence-corrected chi connectivity index (χ4v) is 3.69. The maximum atomic E-state index is 4.53. The van der Waals surface area contributed by atoms with Gasteiger partial charge in [0.25, 0.3) is 0 Å².